The van der Waals surface area contributed by atoms with Crippen LogP contribution in [0, 0.1) is 5.82 Å². The second kappa shape index (κ2) is 5.26. The summed E-state index contributed by atoms with van der Waals surface area (Å²) in [5, 5.41) is 13.2. The number of amides is 1. The van der Waals surface area contributed by atoms with Crippen LogP contribution in [0.3, 0.4) is 0 Å². The van der Waals surface area contributed by atoms with Gasteiger partial charge in [-0.25, -0.2) is 4.39 Å². The van der Waals surface area contributed by atoms with Crippen LogP contribution in [-0.2, 0) is 10.2 Å². The Bertz CT molecular complexity index is 563. The molecule has 3 rings (SSSR count). The molecule has 4 heteroatoms. The smallest absolute Gasteiger partial charge is 0.230 e. The molecular formula is C17H20FNO2. The standard InChI is InChI=1S/C17H20FNO2/c18-14-6-4-13(5-7-14)17(10-11-17)15(20)19-12-16(21)8-2-1-3-9-16/h2,4-8,21H,1,3,9-12H2,(H,19,20). The van der Waals surface area contributed by atoms with Gasteiger partial charge in [0.25, 0.3) is 0 Å². The number of carbonyl (C=O) groups excluding carboxylic acids is 1. The SMILES string of the molecule is O=C(NCC1(O)C=CCCC1)C1(c2ccc(F)cc2)CC1. The highest BCUT2D eigenvalue weighted by Gasteiger charge is 2.51. The number of aliphatic hydroxyl groups is 1. The van der Waals surface area contributed by atoms with E-state index in [-0.39, 0.29) is 18.3 Å². The molecule has 0 aromatic heterocycles. The molecule has 2 aliphatic carbocycles. The Morgan fingerprint density at radius 1 is 1.24 bits per heavy atom. The van der Waals surface area contributed by atoms with Crippen molar-refractivity contribution in [1.29, 1.82) is 0 Å². The van der Waals surface area contributed by atoms with Crippen LogP contribution < -0.4 is 5.32 Å². The van der Waals surface area contributed by atoms with Gasteiger partial charge >= 0.3 is 0 Å². The van der Waals surface area contributed by atoms with Gasteiger partial charge in [0.1, 0.15) is 5.82 Å². The predicted octanol–water partition coefficient (Wildman–Crippen LogP) is 2.44. The summed E-state index contributed by atoms with van der Waals surface area (Å²) in [5.74, 6) is -0.363. The molecular weight excluding hydrogens is 269 g/mol. The second-order valence-corrected chi connectivity index (χ2v) is 6.17. The quantitative estimate of drug-likeness (QED) is 0.836. The maximum absolute atomic E-state index is 13.0. The molecule has 1 fully saturated rings. The van der Waals surface area contributed by atoms with Gasteiger partial charge in [-0.3, -0.25) is 4.79 Å². The van der Waals surface area contributed by atoms with Crippen LogP contribution in [0.2, 0.25) is 0 Å². The molecule has 1 saturated carbocycles. The molecule has 112 valence electrons. The van der Waals surface area contributed by atoms with Crippen molar-refractivity contribution in [2.45, 2.75) is 43.1 Å². The Morgan fingerprint density at radius 2 is 1.95 bits per heavy atom. The third-order valence-electron chi connectivity index (χ3n) is 4.55. The van der Waals surface area contributed by atoms with E-state index >= 15 is 0 Å². The highest BCUT2D eigenvalue weighted by atomic mass is 19.1. The number of rotatable bonds is 4. The van der Waals surface area contributed by atoms with E-state index in [2.05, 4.69) is 5.32 Å². The first-order valence-electron chi connectivity index (χ1n) is 7.49. The average molecular weight is 289 g/mol. The van der Waals surface area contributed by atoms with Crippen LogP contribution in [0.5, 0.6) is 0 Å². The minimum Gasteiger partial charge on any atom is -0.384 e. The zero-order chi connectivity index (χ0) is 14.9. The van der Waals surface area contributed by atoms with Gasteiger partial charge in [0.2, 0.25) is 5.91 Å². The lowest BCUT2D eigenvalue weighted by Crippen LogP contribution is -2.45. The fraction of sp³-hybridized carbons (Fsp3) is 0.471. The summed E-state index contributed by atoms with van der Waals surface area (Å²) in [6, 6.07) is 6.13. The normalized spacial score (nSPS) is 26.4. The van der Waals surface area contributed by atoms with Crippen molar-refractivity contribution in [2.75, 3.05) is 6.54 Å². The van der Waals surface area contributed by atoms with Crippen molar-refractivity contribution < 1.29 is 14.3 Å². The Kier molecular flexibility index (Phi) is 3.57. The van der Waals surface area contributed by atoms with Gasteiger partial charge in [-0.1, -0.05) is 24.3 Å². The molecule has 2 aliphatic rings. The lowest BCUT2D eigenvalue weighted by molar-refractivity contribution is -0.124. The van der Waals surface area contributed by atoms with E-state index in [1.165, 1.54) is 12.1 Å². The maximum Gasteiger partial charge on any atom is 0.230 e. The van der Waals surface area contributed by atoms with Gasteiger partial charge < -0.3 is 10.4 Å². The molecule has 21 heavy (non-hydrogen) atoms. The number of allylic oxidation sites excluding steroid dienone is 1. The van der Waals surface area contributed by atoms with Crippen molar-refractivity contribution in [3.05, 3.63) is 47.8 Å². The van der Waals surface area contributed by atoms with Gasteiger partial charge in [-0.15, -0.1) is 0 Å². The fourth-order valence-corrected chi connectivity index (χ4v) is 3.00. The molecule has 0 spiro atoms. The molecule has 1 amide bonds. The molecule has 0 radical (unpaired) electrons. The van der Waals surface area contributed by atoms with Gasteiger partial charge in [-0.2, -0.15) is 0 Å². The van der Waals surface area contributed by atoms with Gasteiger partial charge in [0.05, 0.1) is 11.0 Å². The summed E-state index contributed by atoms with van der Waals surface area (Å²) in [5.41, 5.74) is -0.595. The predicted molar refractivity (Wildman–Crippen MR) is 78.3 cm³/mol. The summed E-state index contributed by atoms with van der Waals surface area (Å²) >= 11 is 0. The fourth-order valence-electron chi connectivity index (χ4n) is 3.00. The summed E-state index contributed by atoms with van der Waals surface area (Å²) in [6.07, 6.45) is 7.89. The molecule has 1 aromatic rings. The highest BCUT2D eigenvalue weighted by Crippen LogP contribution is 2.48. The average Bonchev–Trinajstić information content (AvgIpc) is 3.28. The molecule has 0 aliphatic heterocycles. The van der Waals surface area contributed by atoms with Crippen molar-refractivity contribution >= 4 is 5.91 Å². The van der Waals surface area contributed by atoms with Crippen LogP contribution in [-0.4, -0.2) is 23.2 Å². The minimum atomic E-state index is -0.924. The van der Waals surface area contributed by atoms with Crippen LogP contribution in [0.1, 0.15) is 37.7 Å². The molecule has 0 bridgehead atoms. The monoisotopic (exact) mass is 289 g/mol. The highest BCUT2D eigenvalue weighted by molar-refractivity contribution is 5.91. The first-order chi connectivity index (χ1) is 10.0. The van der Waals surface area contributed by atoms with Crippen molar-refractivity contribution in [2.24, 2.45) is 0 Å². The molecule has 1 aromatic carbocycles. The summed E-state index contributed by atoms with van der Waals surface area (Å²) in [6.45, 7) is 0.241. The Hall–Kier alpha value is -1.68. The first-order valence-corrected chi connectivity index (χ1v) is 7.49. The lowest BCUT2D eigenvalue weighted by Gasteiger charge is -2.28. The molecule has 0 saturated heterocycles. The first kappa shape index (κ1) is 14.3. The van der Waals surface area contributed by atoms with Crippen molar-refractivity contribution in [3.8, 4) is 0 Å². The molecule has 0 heterocycles. The number of carbonyl (C=O) groups is 1. The lowest BCUT2D eigenvalue weighted by atomic mass is 9.90. The van der Waals surface area contributed by atoms with E-state index in [1.54, 1.807) is 18.2 Å². The van der Waals surface area contributed by atoms with E-state index < -0.39 is 11.0 Å². The Morgan fingerprint density at radius 3 is 2.52 bits per heavy atom. The molecule has 3 nitrogen and oxygen atoms in total. The van der Waals surface area contributed by atoms with Crippen LogP contribution in [0.15, 0.2) is 36.4 Å². The Labute approximate surface area is 123 Å². The Balaban J connectivity index is 1.66. The summed E-state index contributed by atoms with van der Waals surface area (Å²) in [7, 11) is 0. The van der Waals surface area contributed by atoms with E-state index in [1.807, 2.05) is 6.08 Å². The van der Waals surface area contributed by atoms with Crippen LogP contribution >= 0.6 is 0 Å². The van der Waals surface area contributed by atoms with Crippen LogP contribution in [0.4, 0.5) is 4.39 Å². The number of benzene rings is 1. The number of nitrogens with one attached hydrogen (secondary N) is 1. The number of halogens is 1. The summed E-state index contributed by atoms with van der Waals surface area (Å²) in [4.78, 5) is 12.5. The second-order valence-electron chi connectivity index (χ2n) is 6.17. The van der Waals surface area contributed by atoms with Gasteiger partial charge in [0, 0.05) is 6.54 Å². The number of hydrogen-bond acceptors (Lipinski definition) is 2. The molecule has 2 N–H and O–H groups in total. The van der Waals surface area contributed by atoms with E-state index in [4.69, 9.17) is 0 Å². The van der Waals surface area contributed by atoms with E-state index in [0.29, 0.717) is 6.42 Å². The van der Waals surface area contributed by atoms with Gasteiger partial charge in [0.15, 0.2) is 0 Å². The van der Waals surface area contributed by atoms with Crippen molar-refractivity contribution in [3.63, 3.8) is 0 Å². The van der Waals surface area contributed by atoms with Crippen LogP contribution in [0.25, 0.3) is 0 Å². The molecule has 1 atom stereocenters. The van der Waals surface area contributed by atoms with E-state index in [0.717, 1.165) is 31.2 Å². The third-order valence-corrected chi connectivity index (χ3v) is 4.55. The minimum absolute atomic E-state index is 0.0680. The van der Waals surface area contributed by atoms with Crippen molar-refractivity contribution in [1.82, 2.24) is 5.32 Å². The number of hydrogen-bond donors (Lipinski definition) is 2. The van der Waals surface area contributed by atoms with Gasteiger partial charge in [-0.05, 0) is 49.8 Å². The zero-order valence-electron chi connectivity index (χ0n) is 11.9. The summed E-state index contributed by atoms with van der Waals surface area (Å²) < 4.78 is 13.0. The maximum atomic E-state index is 13.0. The largest absolute Gasteiger partial charge is 0.384 e. The zero-order valence-corrected chi connectivity index (χ0v) is 11.9. The topological polar surface area (TPSA) is 49.3 Å². The van der Waals surface area contributed by atoms with E-state index in [9.17, 15) is 14.3 Å². The molecule has 1 unspecified atom stereocenters. The third kappa shape index (κ3) is 2.86.